The molecule has 1 aliphatic carbocycles. The number of hydrogen-bond acceptors (Lipinski definition) is 0. The average molecular weight is 164 g/mol. The first kappa shape index (κ1) is 9.57. The third kappa shape index (κ3) is 5.17. The zero-order chi connectivity index (χ0) is 8.49. The molecule has 0 aromatic heterocycles. The summed E-state index contributed by atoms with van der Waals surface area (Å²) in [5.74, 6) is 0. The highest BCUT2D eigenvalue weighted by atomic mass is 14.0. The fourth-order valence-corrected chi connectivity index (χ4v) is 1.56. The van der Waals surface area contributed by atoms with Gasteiger partial charge in [-0.25, -0.2) is 0 Å². The molecule has 0 spiro atoms. The quantitative estimate of drug-likeness (QED) is 0.470. The minimum atomic E-state index is 1.14. The van der Waals surface area contributed by atoms with Crippen molar-refractivity contribution in [2.45, 2.75) is 51.4 Å². The predicted molar refractivity (Wildman–Crippen MR) is 55.2 cm³/mol. The highest BCUT2D eigenvalue weighted by molar-refractivity contribution is 4.92. The van der Waals surface area contributed by atoms with Gasteiger partial charge in [0.25, 0.3) is 0 Å². The van der Waals surface area contributed by atoms with E-state index >= 15 is 0 Å². The average Bonchev–Trinajstić information content (AvgIpc) is 2.05. The Morgan fingerprint density at radius 1 is 0.500 bits per heavy atom. The minimum absolute atomic E-state index is 1.14. The van der Waals surface area contributed by atoms with Crippen LogP contribution in [0.25, 0.3) is 0 Å². The Morgan fingerprint density at radius 2 is 1.00 bits per heavy atom. The first-order valence-corrected chi connectivity index (χ1v) is 5.30. The van der Waals surface area contributed by atoms with Gasteiger partial charge in [-0.1, -0.05) is 43.6 Å². The molecule has 0 fully saturated rings. The molecule has 1 aliphatic rings. The lowest BCUT2D eigenvalue weighted by Crippen LogP contribution is -1.79. The molecule has 0 unspecified atom stereocenters. The third-order valence-electron chi connectivity index (χ3n) is 2.35. The Hall–Kier alpha value is -0.520. The highest BCUT2D eigenvalue weighted by Crippen LogP contribution is 2.09. The van der Waals surface area contributed by atoms with E-state index in [-0.39, 0.29) is 0 Å². The molecule has 0 amide bonds. The molecule has 1 rings (SSSR count). The van der Waals surface area contributed by atoms with E-state index in [0.29, 0.717) is 0 Å². The van der Waals surface area contributed by atoms with Crippen LogP contribution in [0.15, 0.2) is 24.3 Å². The first-order valence-electron chi connectivity index (χ1n) is 5.30. The lowest BCUT2D eigenvalue weighted by molar-refractivity contribution is 0.621. The highest BCUT2D eigenvalue weighted by Gasteiger charge is 1.89. The minimum Gasteiger partial charge on any atom is -0.0882 e. The van der Waals surface area contributed by atoms with Crippen molar-refractivity contribution in [1.82, 2.24) is 0 Å². The van der Waals surface area contributed by atoms with Gasteiger partial charge < -0.3 is 0 Å². The molecular formula is C12H20. The van der Waals surface area contributed by atoms with E-state index < -0.39 is 0 Å². The number of rotatable bonds is 0. The number of hydrogen-bond donors (Lipinski definition) is 0. The second kappa shape index (κ2) is 7.15. The molecule has 0 aliphatic heterocycles. The second-order valence-electron chi connectivity index (χ2n) is 3.52. The summed E-state index contributed by atoms with van der Waals surface area (Å²) in [7, 11) is 0. The molecule has 0 nitrogen and oxygen atoms in total. The molecule has 0 aromatic carbocycles. The smallest absolute Gasteiger partial charge is 0.0169 e. The monoisotopic (exact) mass is 164 g/mol. The van der Waals surface area contributed by atoms with E-state index in [4.69, 9.17) is 0 Å². The van der Waals surface area contributed by atoms with Crippen LogP contribution in [0.1, 0.15) is 51.4 Å². The van der Waals surface area contributed by atoms with Crippen molar-refractivity contribution in [1.29, 1.82) is 0 Å². The van der Waals surface area contributed by atoms with Gasteiger partial charge in [-0.3, -0.25) is 0 Å². The summed E-state index contributed by atoms with van der Waals surface area (Å²) in [6.45, 7) is 0. The van der Waals surface area contributed by atoms with E-state index in [2.05, 4.69) is 24.3 Å². The molecule has 0 aromatic rings. The van der Waals surface area contributed by atoms with Crippen LogP contribution in [0.5, 0.6) is 0 Å². The third-order valence-corrected chi connectivity index (χ3v) is 2.35. The molecule has 0 heterocycles. The van der Waals surface area contributed by atoms with E-state index in [0.717, 1.165) is 6.42 Å². The molecule has 68 valence electrons. The van der Waals surface area contributed by atoms with E-state index in [1.165, 1.54) is 44.9 Å². The maximum atomic E-state index is 2.33. The zero-order valence-electron chi connectivity index (χ0n) is 7.97. The lowest BCUT2D eigenvalue weighted by atomic mass is 10.1. The van der Waals surface area contributed by atoms with Gasteiger partial charge in [0.05, 0.1) is 0 Å². The van der Waals surface area contributed by atoms with Crippen LogP contribution >= 0.6 is 0 Å². The molecule has 0 N–H and O–H groups in total. The molecule has 12 heavy (non-hydrogen) atoms. The van der Waals surface area contributed by atoms with Crippen molar-refractivity contribution in [2.75, 3.05) is 0 Å². The Kier molecular flexibility index (Phi) is 5.70. The van der Waals surface area contributed by atoms with Gasteiger partial charge in [0.2, 0.25) is 0 Å². The van der Waals surface area contributed by atoms with Crippen LogP contribution in [-0.4, -0.2) is 0 Å². The summed E-state index contributed by atoms with van der Waals surface area (Å²) in [5.41, 5.74) is 0. The predicted octanol–water partition coefficient (Wildman–Crippen LogP) is 4.23. The van der Waals surface area contributed by atoms with Crippen LogP contribution < -0.4 is 0 Å². The van der Waals surface area contributed by atoms with Crippen molar-refractivity contribution < 1.29 is 0 Å². The molecule has 0 radical (unpaired) electrons. The normalized spacial score (nSPS) is 26.7. The Balaban J connectivity index is 2.20. The molecular weight excluding hydrogens is 144 g/mol. The molecule has 0 bridgehead atoms. The lowest BCUT2D eigenvalue weighted by Gasteiger charge is -1.99. The van der Waals surface area contributed by atoms with E-state index in [1.54, 1.807) is 0 Å². The van der Waals surface area contributed by atoms with E-state index in [1.807, 2.05) is 0 Å². The summed E-state index contributed by atoms with van der Waals surface area (Å²) in [5, 5.41) is 0. The largest absolute Gasteiger partial charge is 0.0882 e. The van der Waals surface area contributed by atoms with Crippen molar-refractivity contribution >= 4 is 0 Å². The molecule has 0 atom stereocenters. The topological polar surface area (TPSA) is 0 Å². The summed E-state index contributed by atoms with van der Waals surface area (Å²) in [6, 6.07) is 0. The Labute approximate surface area is 76.4 Å². The summed E-state index contributed by atoms with van der Waals surface area (Å²) < 4.78 is 0. The standard InChI is InChI=1S/C12H20/c1-2-4-6-8-10-12-11-9-7-5-3-1/h1-2,5,7H,3-4,6,8-12H2/b2-1-,7-5+. The molecule has 0 heteroatoms. The zero-order valence-corrected chi connectivity index (χ0v) is 7.97. The van der Waals surface area contributed by atoms with Gasteiger partial charge in [-0.15, -0.1) is 0 Å². The first-order chi connectivity index (χ1) is 6.00. The van der Waals surface area contributed by atoms with Gasteiger partial charge in [-0.2, -0.15) is 0 Å². The van der Waals surface area contributed by atoms with Crippen LogP contribution in [0.2, 0.25) is 0 Å². The van der Waals surface area contributed by atoms with Crippen molar-refractivity contribution in [3.8, 4) is 0 Å². The van der Waals surface area contributed by atoms with Gasteiger partial charge in [0.15, 0.2) is 0 Å². The molecule has 0 saturated carbocycles. The van der Waals surface area contributed by atoms with Gasteiger partial charge in [-0.05, 0) is 32.1 Å². The Bertz CT molecular complexity index is 126. The van der Waals surface area contributed by atoms with E-state index in [9.17, 15) is 0 Å². The summed E-state index contributed by atoms with van der Waals surface area (Å²) in [4.78, 5) is 0. The van der Waals surface area contributed by atoms with Crippen LogP contribution in [0.3, 0.4) is 0 Å². The second-order valence-corrected chi connectivity index (χ2v) is 3.52. The van der Waals surface area contributed by atoms with Crippen LogP contribution in [-0.2, 0) is 0 Å². The van der Waals surface area contributed by atoms with Crippen LogP contribution in [0, 0.1) is 0 Å². The fraction of sp³-hybridized carbons (Fsp3) is 0.667. The van der Waals surface area contributed by atoms with Gasteiger partial charge in [0.1, 0.15) is 0 Å². The van der Waals surface area contributed by atoms with Crippen LogP contribution in [0.4, 0.5) is 0 Å². The van der Waals surface area contributed by atoms with Crippen molar-refractivity contribution in [3.63, 3.8) is 0 Å². The number of allylic oxidation sites excluding steroid dienone is 4. The maximum absolute atomic E-state index is 2.33. The summed E-state index contributed by atoms with van der Waals surface area (Å²) >= 11 is 0. The Morgan fingerprint density at radius 3 is 1.58 bits per heavy atom. The van der Waals surface area contributed by atoms with Crippen molar-refractivity contribution in [2.24, 2.45) is 0 Å². The fourth-order valence-electron chi connectivity index (χ4n) is 1.56. The van der Waals surface area contributed by atoms with Gasteiger partial charge >= 0.3 is 0 Å². The molecule has 0 saturated heterocycles. The van der Waals surface area contributed by atoms with Gasteiger partial charge in [0, 0.05) is 0 Å². The SMILES string of the molecule is C1=C\CCCCCCC/C=C/C/1. The summed E-state index contributed by atoms with van der Waals surface area (Å²) in [6.07, 6.45) is 20.0. The van der Waals surface area contributed by atoms with Crippen molar-refractivity contribution in [3.05, 3.63) is 24.3 Å². The maximum Gasteiger partial charge on any atom is -0.0169 e.